The average Bonchev–Trinajstić information content (AvgIpc) is 2.35. The molecule has 0 aliphatic carbocycles. The van der Waals surface area contributed by atoms with Crippen molar-refractivity contribution in [3.05, 3.63) is 37.4 Å². The number of hydrogen-bond donors (Lipinski definition) is 0. The van der Waals surface area contributed by atoms with Gasteiger partial charge in [0.15, 0.2) is 5.69 Å². The fraction of sp³-hybridized carbons (Fsp3) is 0.538. The number of benzene rings is 1. The van der Waals surface area contributed by atoms with Gasteiger partial charge in [-0.1, -0.05) is 13.8 Å². The van der Waals surface area contributed by atoms with Crippen molar-refractivity contribution in [2.75, 3.05) is 19.0 Å². The molecule has 0 aromatic heterocycles. The highest BCUT2D eigenvalue weighted by molar-refractivity contribution is 5.79. The Morgan fingerprint density at radius 2 is 1.80 bits per heavy atom. The average molecular weight is 281 g/mol. The highest BCUT2D eigenvalue weighted by atomic mass is 16.6. The third-order valence-electron chi connectivity index (χ3n) is 3.43. The van der Waals surface area contributed by atoms with E-state index in [0.29, 0.717) is 11.1 Å². The summed E-state index contributed by atoms with van der Waals surface area (Å²) in [5.41, 5.74) is 0.832. The molecule has 0 spiro atoms. The summed E-state index contributed by atoms with van der Waals surface area (Å²) in [5.74, 6) is -0.0325. The number of nitrogens with zero attached hydrogens (tertiary/aromatic N) is 3. The van der Waals surface area contributed by atoms with E-state index in [9.17, 15) is 20.2 Å². The van der Waals surface area contributed by atoms with Gasteiger partial charge in [-0.2, -0.15) is 0 Å². The second kappa shape index (κ2) is 5.85. The van der Waals surface area contributed by atoms with Crippen molar-refractivity contribution in [2.24, 2.45) is 0 Å². The Kier molecular flexibility index (Phi) is 4.65. The number of aryl methyl sites for hydroxylation is 1. The Labute approximate surface area is 117 Å². The predicted molar refractivity (Wildman–Crippen MR) is 77.5 cm³/mol. The van der Waals surface area contributed by atoms with Crippen LogP contribution in [0.15, 0.2) is 6.07 Å². The minimum absolute atomic E-state index is 0.0325. The third-order valence-corrected chi connectivity index (χ3v) is 3.43. The lowest BCUT2D eigenvalue weighted by molar-refractivity contribution is -0.393. The molecule has 7 heteroatoms. The maximum absolute atomic E-state index is 11.5. The van der Waals surface area contributed by atoms with Crippen LogP contribution in [0, 0.1) is 27.2 Å². The van der Waals surface area contributed by atoms with Crippen LogP contribution >= 0.6 is 0 Å². The van der Waals surface area contributed by atoms with E-state index >= 15 is 0 Å². The van der Waals surface area contributed by atoms with Gasteiger partial charge >= 0.3 is 5.69 Å². The zero-order valence-corrected chi connectivity index (χ0v) is 12.3. The Balaban J connectivity index is 3.85. The van der Waals surface area contributed by atoms with E-state index in [2.05, 4.69) is 0 Å². The molecule has 0 N–H and O–H groups in total. The first kappa shape index (κ1) is 15.9. The van der Waals surface area contributed by atoms with Crippen molar-refractivity contribution in [2.45, 2.75) is 33.1 Å². The SMILES string of the molecule is CCC(C)c1c(C)cc([N+](=O)[O-])c(N(C)C)c1[N+](=O)[O-]. The first-order valence-electron chi connectivity index (χ1n) is 6.35. The second-order valence-corrected chi connectivity index (χ2v) is 5.04. The minimum Gasteiger partial charge on any atom is -0.366 e. The van der Waals surface area contributed by atoms with Crippen molar-refractivity contribution in [3.8, 4) is 0 Å². The van der Waals surface area contributed by atoms with Crippen LogP contribution in [0.1, 0.15) is 37.3 Å². The van der Waals surface area contributed by atoms with Crippen LogP contribution in [-0.2, 0) is 0 Å². The van der Waals surface area contributed by atoms with Gasteiger partial charge in [-0.25, -0.2) is 0 Å². The molecule has 0 radical (unpaired) electrons. The number of anilines is 1. The van der Waals surface area contributed by atoms with Crippen LogP contribution in [0.3, 0.4) is 0 Å². The molecule has 20 heavy (non-hydrogen) atoms. The van der Waals surface area contributed by atoms with Crippen LogP contribution in [0.5, 0.6) is 0 Å². The molecular formula is C13H19N3O4. The number of nitro benzene ring substituents is 2. The molecule has 0 aliphatic heterocycles. The third kappa shape index (κ3) is 2.71. The van der Waals surface area contributed by atoms with E-state index in [1.807, 2.05) is 13.8 Å². The first-order chi connectivity index (χ1) is 9.22. The van der Waals surface area contributed by atoms with Crippen molar-refractivity contribution >= 4 is 17.1 Å². The molecule has 0 bridgehead atoms. The van der Waals surface area contributed by atoms with Crippen molar-refractivity contribution in [3.63, 3.8) is 0 Å². The summed E-state index contributed by atoms with van der Waals surface area (Å²) in [6, 6.07) is 1.42. The summed E-state index contributed by atoms with van der Waals surface area (Å²) in [4.78, 5) is 23.0. The van der Waals surface area contributed by atoms with Crippen molar-refractivity contribution in [1.82, 2.24) is 0 Å². The fourth-order valence-electron chi connectivity index (χ4n) is 2.38. The number of nitro groups is 2. The molecule has 7 nitrogen and oxygen atoms in total. The summed E-state index contributed by atoms with van der Waals surface area (Å²) < 4.78 is 0. The summed E-state index contributed by atoms with van der Waals surface area (Å²) in [6.45, 7) is 5.51. The zero-order valence-electron chi connectivity index (χ0n) is 12.3. The topological polar surface area (TPSA) is 89.5 Å². The Hall–Kier alpha value is -2.18. The van der Waals surface area contributed by atoms with Crippen LogP contribution in [0.4, 0.5) is 17.1 Å². The van der Waals surface area contributed by atoms with Crippen molar-refractivity contribution < 1.29 is 9.85 Å². The van der Waals surface area contributed by atoms with Gasteiger partial charge in [-0.3, -0.25) is 20.2 Å². The molecule has 1 aromatic rings. The minimum atomic E-state index is -0.574. The Bertz CT molecular complexity index is 555. The van der Waals surface area contributed by atoms with Gasteiger partial charge in [0.2, 0.25) is 0 Å². The molecule has 1 atom stereocenters. The van der Waals surface area contributed by atoms with Gasteiger partial charge in [-0.15, -0.1) is 0 Å². The Morgan fingerprint density at radius 1 is 1.25 bits per heavy atom. The lowest BCUT2D eigenvalue weighted by Gasteiger charge is -2.19. The molecule has 0 amide bonds. The van der Waals surface area contributed by atoms with Gasteiger partial charge in [0, 0.05) is 25.7 Å². The standard InChI is InChI=1S/C13H19N3O4/c1-6-8(2)11-9(3)7-10(15(17)18)12(14(4)5)13(11)16(19)20/h7-8H,6H2,1-5H3. The van der Waals surface area contributed by atoms with Crippen LogP contribution in [0.2, 0.25) is 0 Å². The summed E-state index contributed by atoms with van der Waals surface area (Å²) >= 11 is 0. The van der Waals surface area contributed by atoms with Crippen LogP contribution in [0.25, 0.3) is 0 Å². The van der Waals surface area contributed by atoms with E-state index in [4.69, 9.17) is 0 Å². The maximum Gasteiger partial charge on any atom is 0.303 e. The Morgan fingerprint density at radius 3 is 2.15 bits per heavy atom. The normalized spacial score (nSPS) is 12.1. The fourth-order valence-corrected chi connectivity index (χ4v) is 2.38. The first-order valence-corrected chi connectivity index (χ1v) is 6.35. The smallest absolute Gasteiger partial charge is 0.303 e. The molecule has 0 saturated carbocycles. The largest absolute Gasteiger partial charge is 0.366 e. The number of rotatable bonds is 5. The van der Waals surface area contributed by atoms with Crippen molar-refractivity contribution in [1.29, 1.82) is 0 Å². The zero-order chi connectivity index (χ0) is 15.6. The molecule has 0 aliphatic rings. The lowest BCUT2D eigenvalue weighted by atomic mass is 9.91. The summed E-state index contributed by atoms with van der Waals surface area (Å²) in [5, 5.41) is 22.6. The highest BCUT2D eigenvalue weighted by Gasteiger charge is 2.33. The van der Waals surface area contributed by atoms with Crippen LogP contribution in [-0.4, -0.2) is 23.9 Å². The molecule has 0 saturated heterocycles. The van der Waals surface area contributed by atoms with E-state index < -0.39 is 9.85 Å². The van der Waals surface area contributed by atoms with E-state index in [1.54, 1.807) is 21.0 Å². The molecule has 1 aromatic carbocycles. The van der Waals surface area contributed by atoms with Gasteiger partial charge in [0.25, 0.3) is 5.69 Å². The number of hydrogen-bond acceptors (Lipinski definition) is 5. The lowest BCUT2D eigenvalue weighted by Crippen LogP contribution is -2.16. The van der Waals surface area contributed by atoms with Gasteiger partial charge in [-0.05, 0) is 24.8 Å². The molecule has 0 fully saturated rings. The van der Waals surface area contributed by atoms with E-state index in [1.165, 1.54) is 11.0 Å². The molecule has 110 valence electrons. The molecule has 1 unspecified atom stereocenters. The quantitative estimate of drug-likeness (QED) is 0.609. The monoisotopic (exact) mass is 281 g/mol. The summed E-state index contributed by atoms with van der Waals surface area (Å²) in [6.07, 6.45) is 0.729. The van der Waals surface area contributed by atoms with Gasteiger partial charge in [0.05, 0.1) is 9.85 Å². The predicted octanol–water partition coefficient (Wildman–Crippen LogP) is 3.39. The van der Waals surface area contributed by atoms with Gasteiger partial charge < -0.3 is 4.90 Å². The second-order valence-electron chi connectivity index (χ2n) is 5.04. The summed E-state index contributed by atoms with van der Waals surface area (Å²) in [7, 11) is 3.15. The molecule has 0 heterocycles. The van der Waals surface area contributed by atoms with E-state index in [-0.39, 0.29) is 23.0 Å². The molecule has 1 rings (SSSR count). The molecular weight excluding hydrogens is 262 g/mol. The van der Waals surface area contributed by atoms with Crippen LogP contribution < -0.4 is 4.90 Å². The highest BCUT2D eigenvalue weighted by Crippen LogP contribution is 2.44. The maximum atomic E-state index is 11.5. The van der Waals surface area contributed by atoms with E-state index in [0.717, 1.165) is 6.42 Å². The van der Waals surface area contributed by atoms with Gasteiger partial charge in [0.1, 0.15) is 0 Å².